The predicted molar refractivity (Wildman–Crippen MR) is 79.2 cm³/mol. The van der Waals surface area contributed by atoms with Crippen molar-refractivity contribution in [2.45, 2.75) is 32.1 Å². The topological polar surface area (TPSA) is 23.8 Å². The third-order valence-corrected chi connectivity index (χ3v) is 3.43. The molecule has 21 heavy (non-hydrogen) atoms. The van der Waals surface area contributed by atoms with Gasteiger partial charge in [0.05, 0.1) is 11.6 Å². The summed E-state index contributed by atoms with van der Waals surface area (Å²) in [5.74, 6) is -3.04. The van der Waals surface area contributed by atoms with Gasteiger partial charge in [-0.1, -0.05) is 55.8 Å². The smallest absolute Gasteiger partial charge is 0.201 e. The first-order valence-corrected chi connectivity index (χ1v) is 7.02. The van der Waals surface area contributed by atoms with Crippen molar-refractivity contribution >= 4 is 0 Å². The molecule has 2 rings (SSSR count). The maximum atomic E-state index is 14.4. The van der Waals surface area contributed by atoms with Gasteiger partial charge in [0, 0.05) is 12.0 Å². The lowest BCUT2D eigenvalue weighted by Crippen LogP contribution is -2.18. The Balaban J connectivity index is 2.22. The Kier molecular flexibility index (Phi) is 4.70. The number of benzene rings is 2. The van der Waals surface area contributed by atoms with Gasteiger partial charge in [-0.15, -0.1) is 0 Å². The average Bonchev–Trinajstić information content (AvgIpc) is 2.49. The van der Waals surface area contributed by atoms with Crippen molar-refractivity contribution < 1.29 is 8.78 Å². The van der Waals surface area contributed by atoms with Gasteiger partial charge in [-0.2, -0.15) is 5.26 Å². The Morgan fingerprint density at radius 3 is 2.24 bits per heavy atom. The Hall–Kier alpha value is -2.21. The van der Waals surface area contributed by atoms with E-state index in [9.17, 15) is 8.78 Å². The summed E-state index contributed by atoms with van der Waals surface area (Å²) in [5, 5.41) is 8.96. The van der Waals surface area contributed by atoms with E-state index in [1.807, 2.05) is 18.2 Å². The normalized spacial score (nSPS) is 11.1. The van der Waals surface area contributed by atoms with Gasteiger partial charge in [-0.25, -0.2) is 8.78 Å². The van der Waals surface area contributed by atoms with Gasteiger partial charge < -0.3 is 0 Å². The van der Waals surface area contributed by atoms with E-state index in [0.717, 1.165) is 18.4 Å². The van der Waals surface area contributed by atoms with Gasteiger partial charge in [0.1, 0.15) is 0 Å². The van der Waals surface area contributed by atoms with E-state index in [1.165, 1.54) is 18.2 Å². The molecule has 0 aliphatic heterocycles. The van der Waals surface area contributed by atoms with Crippen LogP contribution >= 0.6 is 0 Å². The fraction of sp³-hybridized carbons (Fsp3) is 0.278. The van der Waals surface area contributed by atoms with E-state index in [1.54, 1.807) is 18.2 Å². The summed E-state index contributed by atoms with van der Waals surface area (Å²) >= 11 is 0. The molecule has 0 radical (unpaired) electrons. The van der Waals surface area contributed by atoms with E-state index >= 15 is 0 Å². The number of nitriles is 1. The highest BCUT2D eigenvalue weighted by molar-refractivity contribution is 5.41. The molecular formula is C18H17F2N. The fourth-order valence-electron chi connectivity index (χ4n) is 2.36. The second kappa shape index (κ2) is 6.49. The van der Waals surface area contributed by atoms with E-state index in [-0.39, 0.29) is 11.1 Å². The van der Waals surface area contributed by atoms with Crippen LogP contribution in [0, 0.1) is 11.3 Å². The van der Waals surface area contributed by atoms with Gasteiger partial charge in [0.15, 0.2) is 0 Å². The Morgan fingerprint density at radius 1 is 1.00 bits per heavy atom. The summed E-state index contributed by atoms with van der Waals surface area (Å²) in [7, 11) is 0. The van der Waals surface area contributed by atoms with Crippen LogP contribution in [0.1, 0.15) is 35.6 Å². The van der Waals surface area contributed by atoms with Crippen LogP contribution in [0.4, 0.5) is 8.78 Å². The highest BCUT2D eigenvalue weighted by Gasteiger charge is 2.34. The quantitative estimate of drug-likeness (QED) is 0.770. The van der Waals surface area contributed by atoms with Gasteiger partial charge in [0.2, 0.25) is 0 Å². The Morgan fingerprint density at radius 2 is 1.62 bits per heavy atom. The lowest BCUT2D eigenvalue weighted by molar-refractivity contribution is -0.00408. The third-order valence-electron chi connectivity index (χ3n) is 3.43. The first-order chi connectivity index (χ1) is 10.1. The Bertz CT molecular complexity index is 639. The van der Waals surface area contributed by atoms with Crippen molar-refractivity contribution in [1.29, 1.82) is 5.26 Å². The number of nitrogens with zero attached hydrogens (tertiary/aromatic N) is 1. The molecule has 108 valence electrons. The van der Waals surface area contributed by atoms with Crippen LogP contribution in [0.25, 0.3) is 0 Å². The summed E-state index contributed by atoms with van der Waals surface area (Å²) in [6.45, 7) is 2.08. The zero-order valence-corrected chi connectivity index (χ0v) is 11.9. The van der Waals surface area contributed by atoms with Crippen LogP contribution < -0.4 is 0 Å². The molecule has 3 heteroatoms. The van der Waals surface area contributed by atoms with Crippen LogP contribution in [-0.2, 0) is 18.8 Å². The number of alkyl halides is 2. The van der Waals surface area contributed by atoms with E-state index < -0.39 is 12.3 Å². The minimum absolute atomic E-state index is 0.0325. The lowest BCUT2D eigenvalue weighted by Gasteiger charge is -2.18. The molecule has 0 bridgehead atoms. The van der Waals surface area contributed by atoms with E-state index in [2.05, 4.69) is 6.92 Å². The third kappa shape index (κ3) is 3.66. The van der Waals surface area contributed by atoms with E-state index in [4.69, 9.17) is 5.26 Å². The predicted octanol–water partition coefficient (Wildman–Crippen LogP) is 4.85. The molecule has 0 unspecified atom stereocenters. The van der Waals surface area contributed by atoms with Crippen molar-refractivity contribution in [2.75, 3.05) is 0 Å². The lowest BCUT2D eigenvalue weighted by atomic mass is 9.96. The largest absolute Gasteiger partial charge is 0.278 e. The molecule has 0 spiro atoms. The minimum Gasteiger partial charge on any atom is -0.201 e. The highest BCUT2D eigenvalue weighted by Crippen LogP contribution is 2.34. The first-order valence-electron chi connectivity index (χ1n) is 7.02. The van der Waals surface area contributed by atoms with Gasteiger partial charge >= 0.3 is 0 Å². The van der Waals surface area contributed by atoms with Gasteiger partial charge in [-0.3, -0.25) is 0 Å². The molecular weight excluding hydrogens is 268 g/mol. The molecule has 1 nitrogen and oxygen atoms in total. The van der Waals surface area contributed by atoms with Crippen LogP contribution in [0.15, 0.2) is 48.5 Å². The van der Waals surface area contributed by atoms with Crippen LogP contribution in [0.3, 0.4) is 0 Å². The number of hydrogen-bond acceptors (Lipinski definition) is 1. The zero-order valence-electron chi connectivity index (χ0n) is 11.9. The number of aryl methyl sites for hydroxylation is 1. The van der Waals surface area contributed by atoms with Crippen molar-refractivity contribution in [1.82, 2.24) is 0 Å². The number of rotatable bonds is 5. The summed E-state index contributed by atoms with van der Waals surface area (Å²) < 4.78 is 28.8. The molecule has 0 amide bonds. The minimum atomic E-state index is -3.04. The summed E-state index contributed by atoms with van der Waals surface area (Å²) in [6.07, 6.45) is 1.59. The van der Waals surface area contributed by atoms with E-state index in [0.29, 0.717) is 5.56 Å². The van der Waals surface area contributed by atoms with Crippen LogP contribution in [-0.4, -0.2) is 0 Å². The molecule has 2 aromatic rings. The number of halogens is 2. The molecule has 0 aliphatic carbocycles. The summed E-state index contributed by atoms with van der Waals surface area (Å²) in [5.41, 5.74) is 1.56. The molecule has 0 atom stereocenters. The van der Waals surface area contributed by atoms with Crippen LogP contribution in [0.5, 0.6) is 0 Å². The van der Waals surface area contributed by atoms with Crippen molar-refractivity contribution in [3.63, 3.8) is 0 Å². The highest BCUT2D eigenvalue weighted by atomic mass is 19.3. The monoisotopic (exact) mass is 285 g/mol. The molecule has 2 aromatic carbocycles. The standard InChI is InChI=1S/C18H17F2N/c1-2-5-14-8-10-15(11-9-14)12-18(19,20)17-7-4-3-6-16(17)13-21/h3-4,6-11H,2,5,12H2,1H3. The fourth-order valence-corrected chi connectivity index (χ4v) is 2.36. The molecule has 0 aromatic heterocycles. The van der Waals surface area contributed by atoms with Gasteiger partial charge in [-0.05, 0) is 23.6 Å². The molecule has 0 saturated heterocycles. The molecule has 0 N–H and O–H groups in total. The second-order valence-corrected chi connectivity index (χ2v) is 5.11. The molecule has 0 aliphatic rings. The van der Waals surface area contributed by atoms with Crippen molar-refractivity contribution in [2.24, 2.45) is 0 Å². The Labute approximate surface area is 123 Å². The summed E-state index contributed by atoms with van der Waals surface area (Å²) in [6, 6.07) is 15.0. The second-order valence-electron chi connectivity index (χ2n) is 5.11. The zero-order chi connectivity index (χ0) is 15.3. The number of hydrogen-bond donors (Lipinski definition) is 0. The maximum absolute atomic E-state index is 14.4. The first kappa shape index (κ1) is 15.2. The molecule has 0 heterocycles. The van der Waals surface area contributed by atoms with Crippen molar-refractivity contribution in [3.05, 3.63) is 70.8 Å². The molecule has 0 saturated carbocycles. The molecule has 0 fully saturated rings. The average molecular weight is 285 g/mol. The SMILES string of the molecule is CCCc1ccc(CC(F)(F)c2ccccc2C#N)cc1. The van der Waals surface area contributed by atoms with Crippen molar-refractivity contribution in [3.8, 4) is 6.07 Å². The summed E-state index contributed by atoms with van der Waals surface area (Å²) in [4.78, 5) is 0. The van der Waals surface area contributed by atoms with Gasteiger partial charge in [0.25, 0.3) is 5.92 Å². The van der Waals surface area contributed by atoms with Crippen LogP contribution in [0.2, 0.25) is 0 Å². The maximum Gasteiger partial charge on any atom is 0.278 e.